The van der Waals surface area contributed by atoms with Crippen LogP contribution >= 0.6 is 0 Å². The van der Waals surface area contributed by atoms with E-state index in [1.807, 2.05) is 18.2 Å². The summed E-state index contributed by atoms with van der Waals surface area (Å²) in [6, 6.07) is 10.2. The number of unbranched alkanes of at least 4 members (excludes halogenated alkanes) is 2. The van der Waals surface area contributed by atoms with E-state index in [1.165, 1.54) is 18.4 Å². The number of hydrogen-bond donors (Lipinski definition) is 2. The molecule has 1 saturated carbocycles. The molecule has 0 spiro atoms. The normalized spacial score (nSPS) is 24.4. The molecule has 1 aliphatic carbocycles. The molecule has 0 aromatic heterocycles. The van der Waals surface area contributed by atoms with Gasteiger partial charge in [0, 0.05) is 12.3 Å². The number of allylic oxidation sites excluding steroid dienone is 2. The molecule has 0 radical (unpaired) electrons. The zero-order valence-corrected chi connectivity index (χ0v) is 16.0. The Morgan fingerprint density at radius 1 is 1.19 bits per heavy atom. The van der Waals surface area contributed by atoms with Crippen molar-refractivity contribution < 1.29 is 15.0 Å². The first-order chi connectivity index (χ1) is 12.6. The predicted molar refractivity (Wildman–Crippen MR) is 106 cm³/mol. The van der Waals surface area contributed by atoms with Gasteiger partial charge < -0.3 is 10.2 Å². The van der Waals surface area contributed by atoms with Crippen molar-refractivity contribution >= 4 is 5.78 Å². The van der Waals surface area contributed by atoms with E-state index in [-0.39, 0.29) is 30.1 Å². The monoisotopic (exact) mass is 358 g/mol. The van der Waals surface area contributed by atoms with Crippen molar-refractivity contribution in [3.05, 3.63) is 48.0 Å². The Labute approximate surface area is 158 Å². The lowest BCUT2D eigenvalue weighted by Gasteiger charge is -2.21. The molecule has 0 saturated heterocycles. The largest absolute Gasteiger partial charge is 0.393 e. The Morgan fingerprint density at radius 3 is 2.69 bits per heavy atom. The van der Waals surface area contributed by atoms with Crippen molar-refractivity contribution in [1.29, 1.82) is 0 Å². The average Bonchev–Trinajstić information content (AvgIpc) is 2.91. The van der Waals surface area contributed by atoms with Gasteiger partial charge in [-0.25, -0.2) is 0 Å². The summed E-state index contributed by atoms with van der Waals surface area (Å²) in [4.78, 5) is 12.2. The Bertz CT molecular complexity index is 552. The van der Waals surface area contributed by atoms with Crippen LogP contribution in [0.25, 0.3) is 0 Å². The fourth-order valence-corrected chi connectivity index (χ4v) is 3.91. The third-order valence-electron chi connectivity index (χ3n) is 5.56. The molecular weight excluding hydrogens is 324 g/mol. The van der Waals surface area contributed by atoms with Crippen molar-refractivity contribution in [1.82, 2.24) is 0 Å². The topological polar surface area (TPSA) is 57.5 Å². The molecule has 3 nitrogen and oxygen atoms in total. The number of aliphatic hydroxyl groups excluding tert-OH is 2. The van der Waals surface area contributed by atoms with E-state index in [0.29, 0.717) is 6.42 Å². The molecular formula is C23H34O3. The minimum atomic E-state index is -0.544. The first-order valence-electron chi connectivity index (χ1n) is 10.2. The number of carbonyl (C=O) groups excluding carboxylic acids is 1. The summed E-state index contributed by atoms with van der Waals surface area (Å²) in [5, 5.41) is 20.6. The number of aliphatic hydroxyl groups is 2. The molecule has 0 bridgehead atoms. The third kappa shape index (κ3) is 6.69. The van der Waals surface area contributed by atoms with Crippen LogP contribution in [-0.2, 0) is 11.2 Å². The van der Waals surface area contributed by atoms with Crippen LogP contribution in [0.1, 0.15) is 63.9 Å². The zero-order valence-electron chi connectivity index (χ0n) is 16.0. The van der Waals surface area contributed by atoms with Gasteiger partial charge in [0.2, 0.25) is 0 Å². The van der Waals surface area contributed by atoms with E-state index in [0.717, 1.165) is 32.1 Å². The maximum atomic E-state index is 12.2. The smallest absolute Gasteiger partial charge is 0.139 e. The van der Waals surface area contributed by atoms with Crippen LogP contribution in [-0.4, -0.2) is 28.2 Å². The summed E-state index contributed by atoms with van der Waals surface area (Å²) in [7, 11) is 0. The Morgan fingerprint density at radius 2 is 1.96 bits per heavy atom. The molecule has 0 unspecified atom stereocenters. The molecule has 2 N–H and O–H groups in total. The highest BCUT2D eigenvalue weighted by Crippen LogP contribution is 2.36. The van der Waals surface area contributed by atoms with Gasteiger partial charge in [-0.2, -0.15) is 0 Å². The molecule has 0 aliphatic heterocycles. The number of hydrogen-bond acceptors (Lipinski definition) is 3. The van der Waals surface area contributed by atoms with Gasteiger partial charge in [-0.1, -0.05) is 62.2 Å². The van der Waals surface area contributed by atoms with Gasteiger partial charge in [-0.3, -0.25) is 4.79 Å². The van der Waals surface area contributed by atoms with Crippen LogP contribution in [0, 0.1) is 11.8 Å². The van der Waals surface area contributed by atoms with Gasteiger partial charge in [0.15, 0.2) is 0 Å². The van der Waals surface area contributed by atoms with Crippen molar-refractivity contribution in [2.75, 3.05) is 0 Å². The summed E-state index contributed by atoms with van der Waals surface area (Å²) in [5.41, 5.74) is 1.23. The molecule has 1 aliphatic rings. The Balaban J connectivity index is 1.77. The first-order valence-corrected chi connectivity index (χ1v) is 10.2. The molecule has 26 heavy (non-hydrogen) atoms. The lowest BCUT2D eigenvalue weighted by molar-refractivity contribution is -0.121. The quantitative estimate of drug-likeness (QED) is 0.453. The molecule has 1 fully saturated rings. The van der Waals surface area contributed by atoms with E-state index in [1.54, 1.807) is 0 Å². The minimum absolute atomic E-state index is 0.00954. The van der Waals surface area contributed by atoms with E-state index >= 15 is 0 Å². The molecule has 144 valence electrons. The number of aryl methyl sites for hydroxylation is 1. The van der Waals surface area contributed by atoms with Gasteiger partial charge in [0.1, 0.15) is 5.78 Å². The average molecular weight is 359 g/mol. The molecule has 0 amide bonds. The lowest BCUT2D eigenvalue weighted by Crippen LogP contribution is -2.22. The third-order valence-corrected chi connectivity index (χ3v) is 5.56. The predicted octanol–water partition coefficient (Wildman–Crippen LogP) is 4.46. The molecule has 0 heterocycles. The van der Waals surface area contributed by atoms with Crippen LogP contribution in [0.15, 0.2) is 42.5 Å². The lowest BCUT2D eigenvalue weighted by atomic mass is 9.86. The molecule has 2 rings (SSSR count). The van der Waals surface area contributed by atoms with Gasteiger partial charge in [0.05, 0.1) is 12.2 Å². The molecule has 4 atom stereocenters. The van der Waals surface area contributed by atoms with Crippen LogP contribution in [0.2, 0.25) is 0 Å². The van der Waals surface area contributed by atoms with E-state index in [2.05, 4.69) is 31.2 Å². The van der Waals surface area contributed by atoms with E-state index in [9.17, 15) is 15.0 Å². The zero-order chi connectivity index (χ0) is 18.8. The van der Waals surface area contributed by atoms with Crippen molar-refractivity contribution in [3.8, 4) is 0 Å². The maximum absolute atomic E-state index is 12.2. The molecule has 1 aromatic rings. The summed E-state index contributed by atoms with van der Waals surface area (Å²) >= 11 is 0. The van der Waals surface area contributed by atoms with Gasteiger partial charge in [-0.15, -0.1) is 0 Å². The maximum Gasteiger partial charge on any atom is 0.139 e. The second-order valence-corrected chi connectivity index (χ2v) is 7.61. The van der Waals surface area contributed by atoms with Crippen LogP contribution in [0.5, 0.6) is 0 Å². The van der Waals surface area contributed by atoms with Crippen molar-refractivity contribution in [3.63, 3.8) is 0 Å². The highest BCUT2D eigenvalue weighted by atomic mass is 16.3. The SMILES string of the molecule is CCCC/C=C\C[C@H]1C(=O)C[C@@H](O)[C@@H]1CC[C@@H](O)CCc1ccccc1. The van der Waals surface area contributed by atoms with Crippen molar-refractivity contribution in [2.24, 2.45) is 11.8 Å². The summed E-state index contributed by atoms with van der Waals surface area (Å²) < 4.78 is 0. The Kier molecular flexibility index (Phi) is 9.07. The van der Waals surface area contributed by atoms with Gasteiger partial charge >= 0.3 is 0 Å². The molecule has 3 heteroatoms. The summed E-state index contributed by atoms with van der Waals surface area (Å²) in [6.07, 6.45) is 10.7. The fraction of sp³-hybridized carbons (Fsp3) is 0.609. The van der Waals surface area contributed by atoms with Crippen molar-refractivity contribution in [2.45, 2.75) is 76.9 Å². The van der Waals surface area contributed by atoms with Gasteiger partial charge in [0.25, 0.3) is 0 Å². The number of rotatable bonds is 11. The summed E-state index contributed by atoms with van der Waals surface area (Å²) in [5.74, 6) is 0.0929. The number of ketones is 1. The number of Topliss-reactive ketones (excluding diaryl/α,β-unsaturated/α-hetero) is 1. The highest BCUT2D eigenvalue weighted by molar-refractivity contribution is 5.84. The van der Waals surface area contributed by atoms with E-state index in [4.69, 9.17) is 0 Å². The second kappa shape index (κ2) is 11.3. The van der Waals surface area contributed by atoms with Crippen LogP contribution in [0.3, 0.4) is 0 Å². The van der Waals surface area contributed by atoms with Gasteiger partial charge in [-0.05, 0) is 50.0 Å². The fourth-order valence-electron chi connectivity index (χ4n) is 3.91. The second-order valence-electron chi connectivity index (χ2n) is 7.61. The first kappa shape index (κ1) is 20.9. The standard InChI is InChI=1S/C23H34O3/c1-2-3-4-5-9-12-20-21(23(26)17-22(20)25)16-15-19(24)14-13-18-10-7-6-8-11-18/h5-11,19-21,23-24,26H,2-4,12-17H2,1H3/b9-5-/t19-,20+,21+,23+/m0/s1. The highest BCUT2D eigenvalue weighted by Gasteiger charge is 2.40. The minimum Gasteiger partial charge on any atom is -0.393 e. The number of benzene rings is 1. The van der Waals surface area contributed by atoms with E-state index < -0.39 is 6.10 Å². The number of carbonyl (C=O) groups is 1. The summed E-state index contributed by atoms with van der Waals surface area (Å²) in [6.45, 7) is 2.17. The Hall–Kier alpha value is -1.45. The van der Waals surface area contributed by atoms with Crippen LogP contribution < -0.4 is 0 Å². The van der Waals surface area contributed by atoms with Crippen LogP contribution in [0.4, 0.5) is 0 Å². The molecule has 1 aromatic carbocycles.